The molecule has 4 heteroatoms. The molecule has 0 amide bonds. The van der Waals surface area contributed by atoms with Gasteiger partial charge in [-0.1, -0.05) is 19.1 Å². The molecular formula is C17H24N2OS. The number of hydrogen-bond acceptors (Lipinski definition) is 4. The van der Waals surface area contributed by atoms with Crippen LogP contribution in [-0.4, -0.2) is 23.7 Å². The van der Waals surface area contributed by atoms with Crippen molar-refractivity contribution in [1.82, 2.24) is 10.3 Å². The number of thiazole rings is 1. The molecule has 0 bridgehead atoms. The molecule has 1 aromatic carbocycles. The SMILES string of the molecule is CCCNC1CCC(OCc2nc3ccccc3s2)CC1. The second kappa shape index (κ2) is 7.34. The lowest BCUT2D eigenvalue weighted by Gasteiger charge is -2.29. The Bertz CT molecular complexity index is 528. The molecule has 114 valence electrons. The van der Waals surface area contributed by atoms with E-state index in [0.717, 1.165) is 17.1 Å². The van der Waals surface area contributed by atoms with Crippen molar-refractivity contribution in [3.8, 4) is 0 Å². The maximum Gasteiger partial charge on any atom is 0.120 e. The van der Waals surface area contributed by atoms with Crippen molar-refractivity contribution in [2.45, 2.75) is 57.8 Å². The highest BCUT2D eigenvalue weighted by molar-refractivity contribution is 7.18. The third kappa shape index (κ3) is 4.02. The van der Waals surface area contributed by atoms with Crippen LogP contribution in [0.25, 0.3) is 10.2 Å². The van der Waals surface area contributed by atoms with Crippen LogP contribution in [0, 0.1) is 0 Å². The predicted molar refractivity (Wildman–Crippen MR) is 88.7 cm³/mol. The lowest BCUT2D eigenvalue weighted by molar-refractivity contribution is 0.0114. The van der Waals surface area contributed by atoms with Crippen molar-refractivity contribution >= 4 is 21.6 Å². The number of aromatic nitrogens is 1. The lowest BCUT2D eigenvalue weighted by Crippen LogP contribution is -2.35. The number of benzene rings is 1. The van der Waals surface area contributed by atoms with Gasteiger partial charge in [-0.25, -0.2) is 4.98 Å². The minimum absolute atomic E-state index is 0.414. The van der Waals surface area contributed by atoms with Crippen LogP contribution >= 0.6 is 11.3 Å². The van der Waals surface area contributed by atoms with Gasteiger partial charge in [0.25, 0.3) is 0 Å². The second-order valence-electron chi connectivity index (χ2n) is 5.81. The molecule has 0 saturated heterocycles. The number of para-hydroxylation sites is 1. The van der Waals surface area contributed by atoms with Crippen LogP contribution in [0.2, 0.25) is 0 Å². The molecule has 0 aliphatic heterocycles. The summed E-state index contributed by atoms with van der Waals surface area (Å²) in [4.78, 5) is 4.63. The zero-order valence-electron chi connectivity index (χ0n) is 12.7. The van der Waals surface area contributed by atoms with E-state index in [2.05, 4.69) is 35.4 Å². The largest absolute Gasteiger partial charge is 0.371 e. The highest BCUT2D eigenvalue weighted by Gasteiger charge is 2.21. The first-order valence-electron chi connectivity index (χ1n) is 8.04. The smallest absolute Gasteiger partial charge is 0.120 e. The summed E-state index contributed by atoms with van der Waals surface area (Å²) in [6, 6.07) is 9.00. The van der Waals surface area contributed by atoms with E-state index >= 15 is 0 Å². The van der Waals surface area contributed by atoms with Crippen molar-refractivity contribution in [3.05, 3.63) is 29.3 Å². The summed E-state index contributed by atoms with van der Waals surface area (Å²) in [5, 5.41) is 4.72. The van der Waals surface area contributed by atoms with Crippen molar-refractivity contribution in [2.75, 3.05) is 6.54 Å². The summed E-state index contributed by atoms with van der Waals surface area (Å²) >= 11 is 1.75. The zero-order chi connectivity index (χ0) is 14.5. The van der Waals surface area contributed by atoms with Gasteiger partial charge < -0.3 is 10.1 Å². The van der Waals surface area contributed by atoms with E-state index in [-0.39, 0.29) is 0 Å². The van der Waals surface area contributed by atoms with Gasteiger partial charge in [0.1, 0.15) is 5.01 Å². The molecule has 3 nitrogen and oxygen atoms in total. The van der Waals surface area contributed by atoms with Gasteiger partial charge in [0.2, 0.25) is 0 Å². The molecule has 1 aliphatic rings. The highest BCUT2D eigenvalue weighted by Crippen LogP contribution is 2.25. The average molecular weight is 304 g/mol. The summed E-state index contributed by atoms with van der Waals surface area (Å²) in [5.41, 5.74) is 1.09. The Morgan fingerprint density at radius 1 is 1.24 bits per heavy atom. The van der Waals surface area contributed by atoms with E-state index in [4.69, 9.17) is 4.74 Å². The number of fused-ring (bicyclic) bond motifs is 1. The maximum atomic E-state index is 6.07. The highest BCUT2D eigenvalue weighted by atomic mass is 32.1. The van der Waals surface area contributed by atoms with E-state index in [0.29, 0.717) is 18.8 Å². The fourth-order valence-electron chi connectivity index (χ4n) is 2.95. The van der Waals surface area contributed by atoms with Crippen LogP contribution in [0.3, 0.4) is 0 Å². The Balaban J connectivity index is 1.45. The molecule has 1 N–H and O–H groups in total. The molecule has 0 spiro atoms. The van der Waals surface area contributed by atoms with Crippen LogP contribution in [0.15, 0.2) is 24.3 Å². The maximum absolute atomic E-state index is 6.07. The van der Waals surface area contributed by atoms with Crippen molar-refractivity contribution in [2.24, 2.45) is 0 Å². The molecular weight excluding hydrogens is 280 g/mol. The second-order valence-corrected chi connectivity index (χ2v) is 6.93. The summed E-state index contributed by atoms with van der Waals surface area (Å²) in [5.74, 6) is 0. The molecule has 2 aromatic rings. The monoisotopic (exact) mass is 304 g/mol. The first-order chi connectivity index (χ1) is 10.3. The third-order valence-electron chi connectivity index (χ3n) is 4.14. The first-order valence-corrected chi connectivity index (χ1v) is 8.86. The van der Waals surface area contributed by atoms with Crippen LogP contribution in [0.5, 0.6) is 0 Å². The Morgan fingerprint density at radius 3 is 2.81 bits per heavy atom. The lowest BCUT2D eigenvalue weighted by atomic mass is 9.93. The van der Waals surface area contributed by atoms with Gasteiger partial charge in [-0.05, 0) is 50.8 Å². The van der Waals surface area contributed by atoms with Crippen LogP contribution < -0.4 is 5.32 Å². The zero-order valence-corrected chi connectivity index (χ0v) is 13.5. The molecule has 21 heavy (non-hydrogen) atoms. The fraction of sp³-hybridized carbons (Fsp3) is 0.588. The summed E-state index contributed by atoms with van der Waals surface area (Å²) in [7, 11) is 0. The number of rotatable bonds is 6. The van der Waals surface area contributed by atoms with Gasteiger partial charge >= 0.3 is 0 Å². The molecule has 1 aliphatic carbocycles. The van der Waals surface area contributed by atoms with Crippen LogP contribution in [0.4, 0.5) is 0 Å². The van der Waals surface area contributed by atoms with Crippen LogP contribution in [-0.2, 0) is 11.3 Å². The number of ether oxygens (including phenoxy) is 1. The average Bonchev–Trinajstić information content (AvgIpc) is 2.95. The normalized spacial score (nSPS) is 22.7. The molecule has 1 saturated carbocycles. The summed E-state index contributed by atoms with van der Waals surface area (Å²) in [6.07, 6.45) is 6.46. The van der Waals surface area contributed by atoms with Crippen molar-refractivity contribution in [1.29, 1.82) is 0 Å². The Morgan fingerprint density at radius 2 is 2.05 bits per heavy atom. The van der Waals surface area contributed by atoms with E-state index in [9.17, 15) is 0 Å². The van der Waals surface area contributed by atoms with E-state index in [1.807, 2.05) is 6.07 Å². The van der Waals surface area contributed by atoms with Gasteiger partial charge in [0.15, 0.2) is 0 Å². The molecule has 3 rings (SSSR count). The minimum atomic E-state index is 0.414. The minimum Gasteiger partial charge on any atom is -0.371 e. The topological polar surface area (TPSA) is 34.1 Å². The first kappa shape index (κ1) is 14.9. The van der Waals surface area contributed by atoms with Crippen molar-refractivity contribution in [3.63, 3.8) is 0 Å². The summed E-state index contributed by atoms with van der Waals surface area (Å²) < 4.78 is 7.32. The third-order valence-corrected chi connectivity index (χ3v) is 5.15. The van der Waals surface area contributed by atoms with Crippen LogP contribution in [0.1, 0.15) is 44.0 Å². The Labute approximate surface area is 130 Å². The van der Waals surface area contributed by atoms with Gasteiger partial charge in [-0.2, -0.15) is 0 Å². The van der Waals surface area contributed by atoms with E-state index in [1.54, 1.807) is 11.3 Å². The van der Waals surface area contributed by atoms with Gasteiger partial charge in [0, 0.05) is 6.04 Å². The number of nitrogens with one attached hydrogen (secondary N) is 1. The van der Waals surface area contributed by atoms with Gasteiger partial charge in [-0.3, -0.25) is 0 Å². The number of hydrogen-bond donors (Lipinski definition) is 1. The standard InChI is InChI=1S/C17H24N2OS/c1-2-11-18-13-7-9-14(10-8-13)20-12-17-19-15-5-3-4-6-16(15)21-17/h3-6,13-14,18H,2,7-12H2,1H3. The van der Waals surface area contributed by atoms with E-state index < -0.39 is 0 Å². The van der Waals surface area contributed by atoms with Crippen molar-refractivity contribution < 1.29 is 4.74 Å². The quantitative estimate of drug-likeness (QED) is 0.871. The van der Waals surface area contributed by atoms with Gasteiger partial charge in [0.05, 0.1) is 22.9 Å². The summed E-state index contributed by atoms with van der Waals surface area (Å²) in [6.45, 7) is 4.03. The van der Waals surface area contributed by atoms with E-state index in [1.165, 1.54) is 36.8 Å². The number of nitrogens with zero attached hydrogens (tertiary/aromatic N) is 1. The molecule has 0 atom stereocenters. The molecule has 1 aromatic heterocycles. The Kier molecular flexibility index (Phi) is 5.22. The fourth-order valence-corrected chi connectivity index (χ4v) is 3.84. The Hall–Kier alpha value is -0.970. The van der Waals surface area contributed by atoms with Gasteiger partial charge in [-0.15, -0.1) is 11.3 Å². The molecule has 1 heterocycles. The predicted octanol–water partition coefficient (Wildman–Crippen LogP) is 4.12. The molecule has 1 fully saturated rings. The molecule has 0 radical (unpaired) electrons. The molecule has 0 unspecified atom stereocenters.